The Bertz CT molecular complexity index is 722. The second-order valence-corrected chi connectivity index (χ2v) is 7.26. The smallest absolute Gasteiger partial charge is 0.236 e. The fourth-order valence-electron chi connectivity index (χ4n) is 2.81. The number of nitrogens with zero attached hydrogens (tertiary/aromatic N) is 5. The van der Waals surface area contributed by atoms with Crippen LogP contribution < -0.4 is 0 Å². The van der Waals surface area contributed by atoms with Crippen LogP contribution in [0, 0.1) is 20.8 Å². The molecule has 1 aliphatic rings. The van der Waals surface area contributed by atoms with Crippen LogP contribution in [0.1, 0.15) is 29.7 Å². The zero-order valence-electron chi connectivity index (χ0n) is 13.9. The Morgan fingerprint density at radius 1 is 1.13 bits per heavy atom. The van der Waals surface area contributed by atoms with Gasteiger partial charge in [0.2, 0.25) is 5.91 Å². The van der Waals surface area contributed by atoms with E-state index >= 15 is 0 Å². The summed E-state index contributed by atoms with van der Waals surface area (Å²) in [7, 11) is 0. The number of carbonyl (C=O) groups is 1. The first-order valence-electron chi connectivity index (χ1n) is 7.73. The maximum atomic E-state index is 12.7. The van der Waals surface area contributed by atoms with Gasteiger partial charge in [-0.05, 0) is 39.8 Å². The predicted octanol–water partition coefficient (Wildman–Crippen LogP) is 2.12. The molecule has 7 heteroatoms. The van der Waals surface area contributed by atoms with Crippen LogP contribution in [0.15, 0.2) is 17.3 Å². The number of aryl methyl sites for hydroxylation is 3. The number of hydrogen-bond acceptors (Lipinski definition) is 5. The van der Waals surface area contributed by atoms with Gasteiger partial charge in [0.25, 0.3) is 0 Å². The van der Waals surface area contributed by atoms with Crippen LogP contribution in [0.2, 0.25) is 0 Å². The minimum absolute atomic E-state index is 0.128. The number of hydrogen-bond donors (Lipinski definition) is 0. The van der Waals surface area contributed by atoms with Gasteiger partial charge in [-0.3, -0.25) is 9.48 Å². The molecule has 0 N–H and O–H groups in total. The largest absolute Gasteiger partial charge is 0.334 e. The zero-order chi connectivity index (χ0) is 16.6. The molecule has 0 radical (unpaired) electrons. The van der Waals surface area contributed by atoms with Crippen molar-refractivity contribution in [3.8, 4) is 0 Å². The first kappa shape index (κ1) is 16.0. The number of carbonyl (C=O) groups excluding carboxylic acids is 1. The molecule has 3 rings (SSSR count). The predicted molar refractivity (Wildman–Crippen MR) is 89.2 cm³/mol. The van der Waals surface area contributed by atoms with Gasteiger partial charge in [0, 0.05) is 17.9 Å². The van der Waals surface area contributed by atoms with E-state index in [4.69, 9.17) is 0 Å². The summed E-state index contributed by atoms with van der Waals surface area (Å²) in [4.78, 5) is 23.4. The average molecular weight is 331 g/mol. The lowest BCUT2D eigenvalue weighted by atomic mass is 10.2. The highest BCUT2D eigenvalue weighted by molar-refractivity contribution is 8.00. The van der Waals surface area contributed by atoms with Gasteiger partial charge in [-0.1, -0.05) is 11.8 Å². The maximum absolute atomic E-state index is 12.7. The van der Waals surface area contributed by atoms with Gasteiger partial charge in [0.15, 0.2) is 5.16 Å². The molecule has 23 heavy (non-hydrogen) atoms. The molecule has 1 amide bonds. The maximum Gasteiger partial charge on any atom is 0.236 e. The van der Waals surface area contributed by atoms with Crippen LogP contribution in [0.4, 0.5) is 0 Å². The third-order valence-electron chi connectivity index (χ3n) is 3.82. The average Bonchev–Trinajstić information content (AvgIpc) is 2.84. The first-order chi connectivity index (χ1) is 10.9. The lowest BCUT2D eigenvalue weighted by molar-refractivity contribution is -0.131. The third kappa shape index (κ3) is 3.55. The summed E-state index contributed by atoms with van der Waals surface area (Å²) in [6, 6.07) is 3.98. The van der Waals surface area contributed by atoms with Gasteiger partial charge in [-0.2, -0.15) is 5.10 Å². The van der Waals surface area contributed by atoms with Gasteiger partial charge in [-0.25, -0.2) is 9.97 Å². The van der Waals surface area contributed by atoms with E-state index in [1.54, 1.807) is 0 Å². The molecule has 1 aliphatic heterocycles. The fourth-order valence-corrected chi connectivity index (χ4v) is 3.77. The molecule has 1 atom stereocenters. The number of aromatic nitrogens is 4. The minimum atomic E-state index is -0.202. The Morgan fingerprint density at radius 3 is 2.52 bits per heavy atom. The van der Waals surface area contributed by atoms with Gasteiger partial charge in [-0.15, -0.1) is 0 Å². The van der Waals surface area contributed by atoms with Crippen molar-refractivity contribution in [3.63, 3.8) is 0 Å². The molecule has 122 valence electrons. The summed E-state index contributed by atoms with van der Waals surface area (Å²) in [6.07, 6.45) is 0. The van der Waals surface area contributed by atoms with Crippen molar-refractivity contribution >= 4 is 17.7 Å². The molecule has 3 heterocycles. The highest BCUT2D eigenvalue weighted by Crippen LogP contribution is 2.23. The molecule has 0 saturated heterocycles. The van der Waals surface area contributed by atoms with Gasteiger partial charge in [0.1, 0.15) is 0 Å². The quantitative estimate of drug-likeness (QED) is 0.637. The molecule has 2 aromatic rings. The molecule has 0 aromatic carbocycles. The van der Waals surface area contributed by atoms with E-state index in [0.29, 0.717) is 18.2 Å². The van der Waals surface area contributed by atoms with E-state index in [9.17, 15) is 4.79 Å². The summed E-state index contributed by atoms with van der Waals surface area (Å²) in [5.74, 6) is 0.128. The van der Waals surface area contributed by atoms with Crippen molar-refractivity contribution in [1.82, 2.24) is 24.6 Å². The lowest BCUT2D eigenvalue weighted by Gasteiger charge is -2.29. The van der Waals surface area contributed by atoms with Crippen molar-refractivity contribution in [3.05, 3.63) is 34.9 Å². The third-order valence-corrected chi connectivity index (χ3v) is 4.77. The van der Waals surface area contributed by atoms with Crippen LogP contribution in [0.5, 0.6) is 0 Å². The molecule has 0 spiro atoms. The number of amides is 1. The number of rotatable bonds is 3. The summed E-state index contributed by atoms with van der Waals surface area (Å²) in [5.41, 5.74) is 3.95. The summed E-state index contributed by atoms with van der Waals surface area (Å²) in [5, 5.41) is 4.90. The summed E-state index contributed by atoms with van der Waals surface area (Å²) < 4.78 is 1.99. The SMILES string of the molecule is Cc1cc(C)nc(SC(C)C(=O)N2CCn3nc(C)cc3C2)n1. The molecule has 0 bridgehead atoms. The van der Waals surface area contributed by atoms with Crippen LogP contribution in [-0.4, -0.2) is 42.4 Å². The second-order valence-electron chi connectivity index (χ2n) is 5.95. The normalized spacial score (nSPS) is 15.4. The van der Waals surface area contributed by atoms with Gasteiger partial charge >= 0.3 is 0 Å². The molecule has 6 nitrogen and oxygen atoms in total. The standard InChI is InChI=1S/C16H21N5OS/c1-10-7-11(2)18-16(17-10)23-13(4)15(22)20-5-6-21-14(9-20)8-12(3)19-21/h7-8,13H,5-6,9H2,1-4H3. The Hall–Kier alpha value is -1.89. The van der Waals surface area contributed by atoms with E-state index < -0.39 is 0 Å². The molecule has 2 aromatic heterocycles. The van der Waals surface area contributed by atoms with Gasteiger partial charge in [0.05, 0.1) is 29.7 Å². The van der Waals surface area contributed by atoms with Crippen LogP contribution >= 0.6 is 11.8 Å². The first-order valence-corrected chi connectivity index (χ1v) is 8.61. The summed E-state index contributed by atoms with van der Waals surface area (Å²) in [6.45, 7) is 9.87. The number of thioether (sulfide) groups is 1. The summed E-state index contributed by atoms with van der Waals surface area (Å²) >= 11 is 1.42. The monoisotopic (exact) mass is 331 g/mol. The Morgan fingerprint density at radius 2 is 1.83 bits per heavy atom. The lowest BCUT2D eigenvalue weighted by Crippen LogP contribution is -2.42. The Kier molecular flexibility index (Phi) is 4.39. The molecular formula is C16H21N5OS. The van der Waals surface area contributed by atoms with Crippen molar-refractivity contribution in [1.29, 1.82) is 0 Å². The zero-order valence-corrected chi connectivity index (χ0v) is 14.7. The minimum Gasteiger partial charge on any atom is -0.334 e. The van der Waals surface area contributed by atoms with E-state index in [0.717, 1.165) is 29.3 Å². The highest BCUT2D eigenvalue weighted by Gasteiger charge is 2.26. The van der Waals surface area contributed by atoms with E-state index in [-0.39, 0.29) is 11.2 Å². The highest BCUT2D eigenvalue weighted by atomic mass is 32.2. The van der Waals surface area contributed by atoms with Gasteiger partial charge < -0.3 is 4.90 Å². The molecule has 0 saturated carbocycles. The molecule has 0 fully saturated rings. The van der Waals surface area contributed by atoms with E-state index in [1.165, 1.54) is 11.8 Å². The van der Waals surface area contributed by atoms with Crippen molar-refractivity contribution < 1.29 is 4.79 Å². The van der Waals surface area contributed by atoms with Crippen LogP contribution in [0.3, 0.4) is 0 Å². The Labute approximate surface area is 140 Å². The van der Waals surface area contributed by atoms with Crippen LogP contribution in [0.25, 0.3) is 0 Å². The molecular weight excluding hydrogens is 310 g/mol. The van der Waals surface area contributed by atoms with Crippen molar-refractivity contribution in [2.75, 3.05) is 6.54 Å². The molecule has 1 unspecified atom stereocenters. The van der Waals surface area contributed by atoms with Crippen molar-refractivity contribution in [2.45, 2.75) is 51.2 Å². The van der Waals surface area contributed by atoms with Crippen LogP contribution in [-0.2, 0) is 17.9 Å². The second kappa shape index (κ2) is 6.31. The van der Waals surface area contributed by atoms with E-state index in [1.807, 2.05) is 49.4 Å². The number of fused-ring (bicyclic) bond motifs is 1. The topological polar surface area (TPSA) is 63.9 Å². The Balaban J connectivity index is 1.68. The van der Waals surface area contributed by atoms with E-state index in [2.05, 4.69) is 15.1 Å². The van der Waals surface area contributed by atoms with Crippen molar-refractivity contribution in [2.24, 2.45) is 0 Å². The fraction of sp³-hybridized carbons (Fsp3) is 0.500. The molecule has 0 aliphatic carbocycles.